The van der Waals surface area contributed by atoms with E-state index in [1.54, 1.807) is 29.8 Å². The van der Waals surface area contributed by atoms with Gasteiger partial charge < -0.3 is 14.8 Å². The van der Waals surface area contributed by atoms with Gasteiger partial charge in [0.15, 0.2) is 6.61 Å². The Morgan fingerprint density at radius 1 is 1.14 bits per heavy atom. The predicted molar refractivity (Wildman–Crippen MR) is 109 cm³/mol. The van der Waals surface area contributed by atoms with E-state index >= 15 is 0 Å². The van der Waals surface area contributed by atoms with Crippen LogP contribution in [0, 0.1) is 5.92 Å². The van der Waals surface area contributed by atoms with Gasteiger partial charge in [-0.3, -0.25) is 4.79 Å². The second-order valence-electron chi connectivity index (χ2n) is 7.16. The van der Waals surface area contributed by atoms with E-state index < -0.39 is 5.97 Å². The third-order valence-corrected chi connectivity index (χ3v) is 4.76. The number of carbonyl (C=O) groups excluding carboxylic acids is 2. The van der Waals surface area contributed by atoms with Crippen LogP contribution in [0.25, 0.3) is 0 Å². The maximum atomic E-state index is 12.1. The second-order valence-corrected chi connectivity index (χ2v) is 7.88. The standard InChI is InChI=1S/C21H28N2O4S/c1-15(2)5-4-6-16(3)23-20(24)12-27-21(25)17-7-9-19(10-8-17)26-11-18-13-28-14-22-18/h7-10,13-16H,4-6,11-12H2,1-3H3,(H,23,24). The SMILES string of the molecule is CC(C)CCCC(C)NC(=O)COC(=O)c1ccc(OCc2cscn2)cc1. The first kappa shape index (κ1) is 21.9. The van der Waals surface area contributed by atoms with Crippen molar-refractivity contribution in [1.82, 2.24) is 10.3 Å². The smallest absolute Gasteiger partial charge is 0.338 e. The Labute approximate surface area is 170 Å². The van der Waals surface area contributed by atoms with Crippen LogP contribution in [-0.2, 0) is 16.1 Å². The van der Waals surface area contributed by atoms with E-state index in [9.17, 15) is 9.59 Å². The van der Waals surface area contributed by atoms with Gasteiger partial charge in [-0.1, -0.05) is 26.7 Å². The van der Waals surface area contributed by atoms with Crippen molar-refractivity contribution in [3.8, 4) is 5.75 Å². The number of nitrogens with zero attached hydrogens (tertiary/aromatic N) is 1. The van der Waals surface area contributed by atoms with Gasteiger partial charge in [0.2, 0.25) is 0 Å². The summed E-state index contributed by atoms with van der Waals surface area (Å²) in [6.45, 7) is 6.42. The number of hydrogen-bond donors (Lipinski definition) is 1. The van der Waals surface area contributed by atoms with Crippen LogP contribution < -0.4 is 10.1 Å². The Morgan fingerprint density at radius 2 is 1.89 bits per heavy atom. The number of ether oxygens (including phenoxy) is 2. The fraction of sp³-hybridized carbons (Fsp3) is 0.476. The summed E-state index contributed by atoms with van der Waals surface area (Å²) in [5.41, 5.74) is 2.98. The van der Waals surface area contributed by atoms with E-state index in [1.807, 2.05) is 12.3 Å². The largest absolute Gasteiger partial charge is 0.487 e. The van der Waals surface area contributed by atoms with Crippen LogP contribution in [0.4, 0.5) is 0 Å². The average molecular weight is 405 g/mol. The van der Waals surface area contributed by atoms with Crippen molar-refractivity contribution in [3.05, 3.63) is 46.4 Å². The molecule has 0 bridgehead atoms. The van der Waals surface area contributed by atoms with Crippen LogP contribution in [0.5, 0.6) is 5.75 Å². The van der Waals surface area contributed by atoms with Gasteiger partial charge in [0.1, 0.15) is 12.4 Å². The molecule has 0 fully saturated rings. The van der Waals surface area contributed by atoms with Gasteiger partial charge >= 0.3 is 5.97 Å². The molecule has 28 heavy (non-hydrogen) atoms. The number of esters is 1. The van der Waals surface area contributed by atoms with Gasteiger partial charge in [0.25, 0.3) is 5.91 Å². The maximum Gasteiger partial charge on any atom is 0.338 e. The first-order valence-corrected chi connectivity index (χ1v) is 10.4. The maximum absolute atomic E-state index is 12.1. The first-order chi connectivity index (χ1) is 13.4. The molecular weight excluding hydrogens is 376 g/mol. The van der Waals surface area contributed by atoms with Crippen LogP contribution in [0.2, 0.25) is 0 Å². The van der Waals surface area contributed by atoms with Crippen molar-refractivity contribution in [2.24, 2.45) is 5.92 Å². The summed E-state index contributed by atoms with van der Waals surface area (Å²) in [6.07, 6.45) is 3.12. The molecule has 0 spiro atoms. The van der Waals surface area contributed by atoms with Gasteiger partial charge in [0, 0.05) is 11.4 Å². The van der Waals surface area contributed by atoms with E-state index in [0.717, 1.165) is 25.0 Å². The zero-order chi connectivity index (χ0) is 20.4. The molecule has 6 nitrogen and oxygen atoms in total. The van der Waals surface area contributed by atoms with Crippen LogP contribution in [-0.4, -0.2) is 29.5 Å². The predicted octanol–water partition coefficient (Wildman–Crippen LogP) is 4.21. The summed E-state index contributed by atoms with van der Waals surface area (Å²) in [6, 6.07) is 6.69. The topological polar surface area (TPSA) is 77.5 Å². The number of aromatic nitrogens is 1. The van der Waals surface area contributed by atoms with Crippen LogP contribution in [0.3, 0.4) is 0 Å². The van der Waals surface area contributed by atoms with Crippen LogP contribution in [0.1, 0.15) is 56.1 Å². The number of hydrogen-bond acceptors (Lipinski definition) is 6. The number of benzene rings is 1. The summed E-state index contributed by atoms with van der Waals surface area (Å²) in [5, 5.41) is 4.78. The molecule has 1 atom stereocenters. The Kier molecular flexibility index (Phi) is 8.94. The molecule has 2 rings (SSSR count). The second kappa shape index (κ2) is 11.4. The van der Waals surface area contributed by atoms with Crippen molar-refractivity contribution in [2.75, 3.05) is 6.61 Å². The van der Waals surface area contributed by atoms with E-state index in [2.05, 4.69) is 24.1 Å². The highest BCUT2D eigenvalue weighted by Gasteiger charge is 2.12. The first-order valence-electron chi connectivity index (χ1n) is 9.50. The molecule has 0 saturated carbocycles. The van der Waals surface area contributed by atoms with Crippen molar-refractivity contribution in [3.63, 3.8) is 0 Å². The molecule has 152 valence electrons. The van der Waals surface area contributed by atoms with E-state index in [0.29, 0.717) is 23.8 Å². The van der Waals surface area contributed by atoms with Gasteiger partial charge in [-0.25, -0.2) is 9.78 Å². The molecule has 1 aromatic heterocycles. The molecular formula is C21H28N2O4S. The molecule has 0 aliphatic rings. The lowest BCUT2D eigenvalue weighted by atomic mass is 10.0. The molecule has 2 aromatic rings. The number of rotatable bonds is 11. The summed E-state index contributed by atoms with van der Waals surface area (Å²) < 4.78 is 10.7. The summed E-state index contributed by atoms with van der Waals surface area (Å²) in [5.74, 6) is 0.479. The molecule has 1 aromatic carbocycles. The average Bonchev–Trinajstić information content (AvgIpc) is 3.18. The third kappa shape index (κ3) is 8.08. The highest BCUT2D eigenvalue weighted by molar-refractivity contribution is 7.07. The van der Waals surface area contributed by atoms with Gasteiger partial charge in [-0.15, -0.1) is 11.3 Å². The molecule has 7 heteroatoms. The van der Waals surface area contributed by atoms with Crippen LogP contribution in [0.15, 0.2) is 35.2 Å². The zero-order valence-electron chi connectivity index (χ0n) is 16.6. The lowest BCUT2D eigenvalue weighted by molar-refractivity contribution is -0.124. The Bertz CT molecular complexity index is 729. The van der Waals surface area contributed by atoms with Crippen molar-refractivity contribution < 1.29 is 19.1 Å². The quantitative estimate of drug-likeness (QED) is 0.568. The van der Waals surface area contributed by atoms with Gasteiger partial charge in [0.05, 0.1) is 16.8 Å². The number of thiazole rings is 1. The van der Waals surface area contributed by atoms with Crippen LogP contribution >= 0.6 is 11.3 Å². The summed E-state index contributed by atoms with van der Waals surface area (Å²) in [7, 11) is 0. The van der Waals surface area contributed by atoms with E-state index in [-0.39, 0.29) is 18.6 Å². The van der Waals surface area contributed by atoms with Gasteiger partial charge in [-0.05, 0) is 43.5 Å². The molecule has 1 N–H and O–H groups in total. The van der Waals surface area contributed by atoms with Gasteiger partial charge in [-0.2, -0.15) is 0 Å². The monoisotopic (exact) mass is 404 g/mol. The lowest BCUT2D eigenvalue weighted by Crippen LogP contribution is -2.35. The normalized spacial score (nSPS) is 11.9. The minimum absolute atomic E-state index is 0.0686. The highest BCUT2D eigenvalue weighted by Crippen LogP contribution is 2.15. The Morgan fingerprint density at radius 3 is 2.54 bits per heavy atom. The van der Waals surface area contributed by atoms with E-state index in [4.69, 9.17) is 9.47 Å². The van der Waals surface area contributed by atoms with Crippen molar-refractivity contribution in [2.45, 2.75) is 52.7 Å². The summed E-state index contributed by atoms with van der Waals surface area (Å²) in [4.78, 5) is 28.2. The fourth-order valence-corrected chi connectivity index (χ4v) is 3.13. The lowest BCUT2D eigenvalue weighted by Gasteiger charge is -2.14. The summed E-state index contributed by atoms with van der Waals surface area (Å²) >= 11 is 1.51. The Balaban J connectivity index is 1.69. The molecule has 0 radical (unpaired) electrons. The van der Waals surface area contributed by atoms with Crippen molar-refractivity contribution in [1.29, 1.82) is 0 Å². The molecule has 0 saturated heterocycles. The highest BCUT2D eigenvalue weighted by atomic mass is 32.1. The minimum atomic E-state index is -0.534. The van der Waals surface area contributed by atoms with E-state index in [1.165, 1.54) is 11.3 Å². The number of carbonyl (C=O) groups is 2. The minimum Gasteiger partial charge on any atom is -0.487 e. The third-order valence-electron chi connectivity index (χ3n) is 4.12. The fourth-order valence-electron chi connectivity index (χ4n) is 2.59. The number of amides is 1. The molecule has 0 aliphatic heterocycles. The molecule has 1 heterocycles. The zero-order valence-corrected chi connectivity index (χ0v) is 17.5. The van der Waals surface area contributed by atoms with Crippen molar-refractivity contribution >= 4 is 23.2 Å². The Hall–Kier alpha value is -2.41. The molecule has 1 amide bonds. The molecule has 1 unspecified atom stereocenters. The molecule has 0 aliphatic carbocycles. The number of nitrogens with one attached hydrogen (secondary N) is 1.